The number of carbonyl (C=O) groups is 1. The van der Waals surface area contributed by atoms with Crippen molar-refractivity contribution in [3.05, 3.63) is 57.8 Å². The first-order valence-electron chi connectivity index (χ1n) is 9.24. The van der Waals surface area contributed by atoms with Gasteiger partial charge in [0.2, 0.25) is 0 Å². The van der Waals surface area contributed by atoms with E-state index in [0.717, 1.165) is 12.0 Å². The second kappa shape index (κ2) is 9.16. The Kier molecular flexibility index (Phi) is 6.65. The molecule has 0 aliphatic carbocycles. The molecule has 1 fully saturated rings. The maximum atomic E-state index is 10.9. The van der Waals surface area contributed by atoms with E-state index < -0.39 is 12.1 Å². The highest BCUT2D eigenvalue weighted by atomic mass is 32.1. The van der Waals surface area contributed by atoms with E-state index in [9.17, 15) is 4.79 Å². The van der Waals surface area contributed by atoms with Gasteiger partial charge in [-0.05, 0) is 48.3 Å². The first-order chi connectivity index (χ1) is 12.3. The van der Waals surface area contributed by atoms with Crippen molar-refractivity contribution in [2.75, 3.05) is 0 Å². The molecule has 1 N–H and O–H groups in total. The van der Waals surface area contributed by atoms with Crippen molar-refractivity contribution < 1.29 is 14.6 Å². The number of hydrogen-bond acceptors (Lipinski definition) is 3. The largest absolute Gasteiger partial charge is 0.479 e. The number of carboxylic acid groups (broad SMARTS) is 1. The summed E-state index contributed by atoms with van der Waals surface area (Å²) in [6.45, 7) is 0. The molecule has 0 saturated carbocycles. The predicted molar refractivity (Wildman–Crippen MR) is 101 cm³/mol. The van der Waals surface area contributed by atoms with E-state index in [1.807, 2.05) is 6.07 Å². The highest BCUT2D eigenvalue weighted by Crippen LogP contribution is 2.42. The molecule has 134 valence electrons. The van der Waals surface area contributed by atoms with Gasteiger partial charge in [-0.15, -0.1) is 11.3 Å². The summed E-state index contributed by atoms with van der Waals surface area (Å²) in [5.41, 5.74) is 2.54. The summed E-state index contributed by atoms with van der Waals surface area (Å²) in [7, 11) is 0. The molecule has 0 spiro atoms. The number of aryl methyl sites for hydroxylation is 2. The fourth-order valence-corrected chi connectivity index (χ4v) is 4.27. The van der Waals surface area contributed by atoms with Gasteiger partial charge < -0.3 is 9.84 Å². The third-order valence-electron chi connectivity index (χ3n) is 4.78. The SMILES string of the molecule is O=C(O)C1OC1c1ccsc1CCCCCCCCc1ccccc1. The highest BCUT2D eigenvalue weighted by molar-refractivity contribution is 7.10. The minimum absolute atomic E-state index is 0.211. The van der Waals surface area contributed by atoms with Gasteiger partial charge in [0.15, 0.2) is 6.10 Å². The van der Waals surface area contributed by atoms with Gasteiger partial charge in [-0.25, -0.2) is 4.79 Å². The number of aliphatic carboxylic acids is 1. The lowest BCUT2D eigenvalue weighted by Crippen LogP contribution is -2.05. The zero-order valence-electron chi connectivity index (χ0n) is 14.5. The van der Waals surface area contributed by atoms with Crippen LogP contribution in [0.5, 0.6) is 0 Å². The first-order valence-corrected chi connectivity index (χ1v) is 10.1. The second-order valence-corrected chi connectivity index (χ2v) is 7.72. The Morgan fingerprint density at radius 3 is 2.32 bits per heavy atom. The summed E-state index contributed by atoms with van der Waals surface area (Å²) < 4.78 is 5.28. The molecule has 1 aromatic carbocycles. The number of hydrogen-bond donors (Lipinski definition) is 1. The van der Waals surface area contributed by atoms with Crippen molar-refractivity contribution in [3.8, 4) is 0 Å². The van der Waals surface area contributed by atoms with E-state index in [0.29, 0.717) is 0 Å². The molecule has 2 unspecified atom stereocenters. The fraction of sp³-hybridized carbons (Fsp3) is 0.476. The molecule has 1 aliphatic heterocycles. The summed E-state index contributed by atoms with van der Waals surface area (Å²) in [6.07, 6.45) is 8.98. The number of thiophene rings is 1. The summed E-state index contributed by atoms with van der Waals surface area (Å²) in [5.74, 6) is -0.849. The van der Waals surface area contributed by atoms with Gasteiger partial charge in [0, 0.05) is 4.88 Å². The maximum Gasteiger partial charge on any atom is 0.335 e. The molecule has 2 aromatic rings. The molecular weight excluding hydrogens is 332 g/mol. The molecule has 0 radical (unpaired) electrons. The molecular formula is C21H26O3S. The minimum atomic E-state index is -0.849. The topological polar surface area (TPSA) is 49.8 Å². The van der Waals surface area contributed by atoms with Crippen LogP contribution in [0.1, 0.15) is 60.6 Å². The Labute approximate surface area is 153 Å². The number of rotatable bonds is 11. The maximum absolute atomic E-state index is 10.9. The van der Waals surface area contributed by atoms with E-state index in [1.165, 1.54) is 55.4 Å². The number of benzene rings is 1. The van der Waals surface area contributed by atoms with Crippen LogP contribution in [0.25, 0.3) is 0 Å². The van der Waals surface area contributed by atoms with E-state index in [1.54, 1.807) is 11.3 Å². The average Bonchev–Trinajstić information content (AvgIpc) is 3.30. The van der Waals surface area contributed by atoms with Crippen LogP contribution >= 0.6 is 11.3 Å². The Balaban J connectivity index is 1.26. The molecule has 1 aliphatic rings. The summed E-state index contributed by atoms with van der Waals surface area (Å²) >= 11 is 1.73. The number of unbranched alkanes of at least 4 members (excludes halogenated alkanes) is 5. The lowest BCUT2D eigenvalue weighted by atomic mass is 10.0. The van der Waals surface area contributed by atoms with Crippen LogP contribution in [0.4, 0.5) is 0 Å². The molecule has 1 aromatic heterocycles. The average molecular weight is 359 g/mol. The van der Waals surface area contributed by atoms with Crippen molar-refractivity contribution in [1.82, 2.24) is 0 Å². The van der Waals surface area contributed by atoms with Crippen LogP contribution in [-0.4, -0.2) is 17.2 Å². The van der Waals surface area contributed by atoms with Gasteiger partial charge in [-0.1, -0.05) is 56.0 Å². The molecule has 25 heavy (non-hydrogen) atoms. The fourth-order valence-electron chi connectivity index (χ4n) is 3.31. The standard InChI is InChI=1S/C21H26O3S/c22-21(23)20-19(24-20)17-14-15-25-18(17)13-9-4-2-1-3-6-10-16-11-7-5-8-12-16/h5,7-8,11-12,14-15,19-20H,1-4,6,9-10,13H2,(H,22,23). The van der Waals surface area contributed by atoms with Crippen LogP contribution in [-0.2, 0) is 22.4 Å². The Hall–Kier alpha value is -1.65. The molecule has 2 atom stereocenters. The van der Waals surface area contributed by atoms with Crippen molar-refractivity contribution in [1.29, 1.82) is 0 Å². The van der Waals surface area contributed by atoms with Gasteiger partial charge in [-0.2, -0.15) is 0 Å². The van der Waals surface area contributed by atoms with E-state index in [2.05, 4.69) is 35.7 Å². The van der Waals surface area contributed by atoms with Crippen LogP contribution in [0.2, 0.25) is 0 Å². The van der Waals surface area contributed by atoms with Gasteiger partial charge in [0.25, 0.3) is 0 Å². The minimum Gasteiger partial charge on any atom is -0.479 e. The number of carboxylic acids is 1. The van der Waals surface area contributed by atoms with Gasteiger partial charge >= 0.3 is 5.97 Å². The second-order valence-electron chi connectivity index (χ2n) is 6.72. The molecule has 3 rings (SSSR count). The van der Waals surface area contributed by atoms with E-state index >= 15 is 0 Å². The normalized spacial score (nSPS) is 19.0. The molecule has 0 amide bonds. The van der Waals surface area contributed by atoms with Crippen molar-refractivity contribution in [3.63, 3.8) is 0 Å². The van der Waals surface area contributed by atoms with Crippen LogP contribution in [0, 0.1) is 0 Å². The lowest BCUT2D eigenvalue weighted by molar-refractivity contribution is -0.138. The summed E-state index contributed by atoms with van der Waals surface area (Å²) in [4.78, 5) is 12.2. The molecule has 4 heteroatoms. The zero-order chi connectivity index (χ0) is 17.5. The molecule has 2 heterocycles. The monoisotopic (exact) mass is 358 g/mol. The smallest absolute Gasteiger partial charge is 0.335 e. The van der Waals surface area contributed by atoms with Crippen molar-refractivity contribution >= 4 is 17.3 Å². The van der Waals surface area contributed by atoms with Gasteiger partial charge in [-0.3, -0.25) is 0 Å². The Morgan fingerprint density at radius 2 is 1.64 bits per heavy atom. The van der Waals surface area contributed by atoms with Crippen LogP contribution in [0.15, 0.2) is 41.8 Å². The predicted octanol–water partition coefficient (Wildman–Crippen LogP) is 5.40. The number of ether oxygens (including phenoxy) is 1. The molecule has 1 saturated heterocycles. The lowest BCUT2D eigenvalue weighted by Gasteiger charge is -2.04. The first kappa shape index (κ1) is 18.2. The van der Waals surface area contributed by atoms with E-state index in [-0.39, 0.29) is 6.10 Å². The highest BCUT2D eigenvalue weighted by Gasteiger charge is 2.47. The Morgan fingerprint density at radius 1 is 0.960 bits per heavy atom. The molecule has 3 nitrogen and oxygen atoms in total. The van der Waals surface area contributed by atoms with Crippen LogP contribution < -0.4 is 0 Å². The number of epoxide rings is 1. The van der Waals surface area contributed by atoms with Gasteiger partial charge in [0.05, 0.1) is 0 Å². The van der Waals surface area contributed by atoms with Crippen molar-refractivity contribution in [2.24, 2.45) is 0 Å². The summed E-state index contributed by atoms with van der Waals surface area (Å²) in [5, 5.41) is 11.0. The van der Waals surface area contributed by atoms with Gasteiger partial charge in [0.1, 0.15) is 6.10 Å². The Bertz CT molecular complexity index is 665. The third-order valence-corrected chi connectivity index (χ3v) is 5.78. The van der Waals surface area contributed by atoms with E-state index in [4.69, 9.17) is 9.84 Å². The van der Waals surface area contributed by atoms with Crippen molar-refractivity contribution in [2.45, 2.75) is 63.6 Å². The quantitative estimate of drug-likeness (QED) is 0.432. The molecule has 0 bridgehead atoms. The zero-order valence-corrected chi connectivity index (χ0v) is 15.3. The summed E-state index contributed by atoms with van der Waals surface area (Å²) in [6, 6.07) is 12.7. The third kappa shape index (κ3) is 5.41. The van der Waals surface area contributed by atoms with Crippen LogP contribution in [0.3, 0.4) is 0 Å².